The lowest BCUT2D eigenvalue weighted by Crippen LogP contribution is -2.48. The first-order valence-corrected chi connectivity index (χ1v) is 12.9. The maximum atomic E-state index is 13.3. The molecule has 3 amide bonds. The van der Waals surface area contributed by atoms with Crippen LogP contribution in [0.4, 0.5) is 4.39 Å². The highest BCUT2D eigenvalue weighted by Crippen LogP contribution is 2.30. The van der Waals surface area contributed by atoms with E-state index in [0.717, 1.165) is 4.31 Å². The van der Waals surface area contributed by atoms with Gasteiger partial charge in [-0.3, -0.25) is 14.4 Å². The molecule has 0 fully saturated rings. The third kappa shape index (κ3) is 6.05. The minimum atomic E-state index is -3.95. The predicted octanol–water partition coefficient (Wildman–Crippen LogP) is 2.94. The Morgan fingerprint density at radius 2 is 1.71 bits per heavy atom. The van der Waals surface area contributed by atoms with Gasteiger partial charge < -0.3 is 10.2 Å². The Morgan fingerprint density at radius 1 is 1.06 bits per heavy atom. The number of hydrogen-bond donors (Lipinski definition) is 1. The van der Waals surface area contributed by atoms with Crippen LogP contribution in [0, 0.1) is 11.7 Å². The third-order valence-corrected chi connectivity index (χ3v) is 7.62. The van der Waals surface area contributed by atoms with E-state index in [9.17, 15) is 27.2 Å². The smallest absolute Gasteiger partial charge is 0.269 e. The van der Waals surface area contributed by atoms with Crippen LogP contribution >= 0.6 is 0 Å². The molecule has 0 radical (unpaired) electrons. The van der Waals surface area contributed by atoms with Gasteiger partial charge in [-0.2, -0.15) is 0 Å². The fourth-order valence-electron chi connectivity index (χ4n) is 3.79. The molecule has 0 aliphatic carbocycles. The van der Waals surface area contributed by atoms with Gasteiger partial charge in [-0.25, -0.2) is 17.1 Å². The van der Waals surface area contributed by atoms with Crippen LogP contribution in [0.1, 0.15) is 49.5 Å². The zero-order valence-corrected chi connectivity index (χ0v) is 20.8. The SMILES string of the molecule is CC(C)CNC(=O)[C@@H](C)N(Cc1ccc(F)cc1)C(=O)CCCN1C(=O)c2ccccc2S1(=O)=O. The molecule has 0 spiro atoms. The summed E-state index contributed by atoms with van der Waals surface area (Å²) in [6.07, 6.45) is 0.0245. The number of carbonyl (C=O) groups is 3. The number of halogens is 1. The normalized spacial score (nSPS) is 15.1. The van der Waals surface area contributed by atoms with Crippen LogP contribution in [0.15, 0.2) is 53.4 Å². The van der Waals surface area contributed by atoms with Crippen molar-refractivity contribution in [2.75, 3.05) is 13.1 Å². The van der Waals surface area contributed by atoms with Crippen LogP contribution in [0.5, 0.6) is 0 Å². The van der Waals surface area contributed by atoms with Crippen molar-refractivity contribution in [1.82, 2.24) is 14.5 Å². The van der Waals surface area contributed by atoms with E-state index in [1.54, 1.807) is 31.2 Å². The number of nitrogens with zero attached hydrogens (tertiary/aromatic N) is 2. The minimum Gasteiger partial charge on any atom is -0.354 e. The zero-order chi connectivity index (χ0) is 25.8. The van der Waals surface area contributed by atoms with E-state index < -0.39 is 27.8 Å². The van der Waals surface area contributed by atoms with Gasteiger partial charge in [-0.05, 0) is 49.1 Å². The largest absolute Gasteiger partial charge is 0.354 e. The number of hydrogen-bond acceptors (Lipinski definition) is 5. The van der Waals surface area contributed by atoms with Gasteiger partial charge in [-0.15, -0.1) is 0 Å². The molecule has 3 rings (SSSR count). The van der Waals surface area contributed by atoms with E-state index in [1.807, 2.05) is 13.8 Å². The van der Waals surface area contributed by atoms with E-state index in [0.29, 0.717) is 12.1 Å². The first-order chi connectivity index (χ1) is 16.5. The summed E-state index contributed by atoms with van der Waals surface area (Å²) in [6, 6.07) is 10.8. The van der Waals surface area contributed by atoms with Crippen LogP contribution in [0.3, 0.4) is 0 Å². The van der Waals surface area contributed by atoms with Crippen molar-refractivity contribution >= 4 is 27.7 Å². The number of fused-ring (bicyclic) bond motifs is 1. The molecule has 1 atom stereocenters. The first-order valence-electron chi connectivity index (χ1n) is 11.5. The second-order valence-electron chi connectivity index (χ2n) is 8.95. The average Bonchev–Trinajstić information content (AvgIpc) is 3.02. The molecule has 2 aromatic carbocycles. The molecule has 2 aromatic rings. The van der Waals surface area contributed by atoms with Crippen molar-refractivity contribution < 1.29 is 27.2 Å². The number of sulfonamides is 1. The van der Waals surface area contributed by atoms with E-state index in [1.165, 1.54) is 29.2 Å². The zero-order valence-electron chi connectivity index (χ0n) is 20.0. The standard InChI is InChI=1S/C25H30FN3O5S/c1-17(2)15-27-24(31)18(3)28(16-19-10-12-20(26)13-11-19)23(30)9-6-14-29-25(32)21-7-4-5-8-22(21)35(29,33)34/h4-5,7-8,10-13,17-18H,6,9,14-16H2,1-3H3,(H,27,31)/t18-/m1/s1. The van der Waals surface area contributed by atoms with Crippen molar-refractivity contribution in [3.63, 3.8) is 0 Å². The Balaban J connectivity index is 1.69. The Morgan fingerprint density at radius 3 is 2.34 bits per heavy atom. The summed E-state index contributed by atoms with van der Waals surface area (Å²) in [5.74, 6) is -1.48. The summed E-state index contributed by atoms with van der Waals surface area (Å²) in [5, 5.41) is 2.81. The highest BCUT2D eigenvalue weighted by molar-refractivity contribution is 7.90. The van der Waals surface area contributed by atoms with Gasteiger partial charge in [0.15, 0.2) is 0 Å². The molecule has 0 aromatic heterocycles. The quantitative estimate of drug-likeness (QED) is 0.537. The molecule has 0 saturated heterocycles. The molecule has 188 valence electrons. The average molecular weight is 504 g/mol. The number of amides is 3. The van der Waals surface area contributed by atoms with Gasteiger partial charge in [0.25, 0.3) is 15.9 Å². The Bertz CT molecular complexity index is 1200. The Kier molecular flexibility index (Phi) is 8.26. The van der Waals surface area contributed by atoms with E-state index in [4.69, 9.17) is 0 Å². The van der Waals surface area contributed by atoms with Crippen molar-refractivity contribution in [3.8, 4) is 0 Å². The van der Waals surface area contributed by atoms with Gasteiger partial charge in [0.05, 0.1) is 5.56 Å². The van der Waals surface area contributed by atoms with Crippen LogP contribution in [-0.2, 0) is 26.2 Å². The van der Waals surface area contributed by atoms with E-state index in [2.05, 4.69) is 5.32 Å². The fraction of sp³-hybridized carbons (Fsp3) is 0.400. The molecule has 0 saturated carbocycles. The van der Waals surface area contributed by atoms with Gasteiger partial charge >= 0.3 is 0 Å². The summed E-state index contributed by atoms with van der Waals surface area (Å²) in [5.41, 5.74) is 0.767. The van der Waals surface area contributed by atoms with Gasteiger partial charge in [-0.1, -0.05) is 38.1 Å². The van der Waals surface area contributed by atoms with Crippen molar-refractivity contribution in [3.05, 3.63) is 65.5 Å². The summed E-state index contributed by atoms with van der Waals surface area (Å²) < 4.78 is 39.6. The molecular weight excluding hydrogens is 473 g/mol. The van der Waals surface area contributed by atoms with Crippen LogP contribution in [0.2, 0.25) is 0 Å². The number of carbonyl (C=O) groups excluding carboxylic acids is 3. The lowest BCUT2D eigenvalue weighted by molar-refractivity contribution is -0.140. The van der Waals surface area contributed by atoms with Crippen LogP contribution in [0.25, 0.3) is 0 Å². The summed E-state index contributed by atoms with van der Waals surface area (Å²) >= 11 is 0. The second kappa shape index (κ2) is 11.0. The highest BCUT2D eigenvalue weighted by atomic mass is 32.2. The van der Waals surface area contributed by atoms with Crippen molar-refractivity contribution in [2.24, 2.45) is 5.92 Å². The number of rotatable bonds is 10. The molecule has 0 bridgehead atoms. The van der Waals surface area contributed by atoms with Crippen molar-refractivity contribution in [1.29, 1.82) is 0 Å². The molecule has 1 aliphatic heterocycles. The monoisotopic (exact) mass is 503 g/mol. The summed E-state index contributed by atoms with van der Waals surface area (Å²) in [7, 11) is -3.95. The maximum Gasteiger partial charge on any atom is 0.269 e. The summed E-state index contributed by atoms with van der Waals surface area (Å²) in [6.45, 7) is 5.91. The molecule has 35 heavy (non-hydrogen) atoms. The molecule has 8 nitrogen and oxygen atoms in total. The third-order valence-electron chi connectivity index (χ3n) is 5.78. The number of benzene rings is 2. The molecule has 1 N–H and O–H groups in total. The van der Waals surface area contributed by atoms with Gasteiger partial charge in [0.1, 0.15) is 16.8 Å². The van der Waals surface area contributed by atoms with Gasteiger partial charge in [0.2, 0.25) is 11.8 Å². The molecule has 10 heteroatoms. The molecule has 1 heterocycles. The molecular formula is C25H30FN3O5S. The Labute approximate surface area is 205 Å². The lowest BCUT2D eigenvalue weighted by Gasteiger charge is -2.29. The second-order valence-corrected chi connectivity index (χ2v) is 10.8. The summed E-state index contributed by atoms with van der Waals surface area (Å²) in [4.78, 5) is 39.8. The van der Waals surface area contributed by atoms with Gasteiger partial charge in [0, 0.05) is 26.1 Å². The van der Waals surface area contributed by atoms with Crippen molar-refractivity contribution in [2.45, 2.75) is 51.1 Å². The topological polar surface area (TPSA) is 104 Å². The van der Waals surface area contributed by atoms with E-state index >= 15 is 0 Å². The van der Waals surface area contributed by atoms with Crippen LogP contribution < -0.4 is 5.32 Å². The minimum absolute atomic E-state index is 0.0373. The Hall–Kier alpha value is -3.27. The first kappa shape index (κ1) is 26.3. The lowest BCUT2D eigenvalue weighted by atomic mass is 10.1. The number of nitrogens with one attached hydrogen (secondary N) is 1. The van der Waals surface area contributed by atoms with Crippen LogP contribution in [-0.4, -0.2) is 54.5 Å². The van der Waals surface area contributed by atoms with E-state index in [-0.39, 0.29) is 54.1 Å². The highest BCUT2D eigenvalue weighted by Gasteiger charge is 2.40. The predicted molar refractivity (Wildman–Crippen MR) is 128 cm³/mol. The molecule has 1 aliphatic rings. The molecule has 0 unspecified atom stereocenters. The maximum absolute atomic E-state index is 13.3. The fourth-order valence-corrected chi connectivity index (χ4v) is 5.40.